The van der Waals surface area contributed by atoms with Crippen molar-refractivity contribution >= 4 is 28.8 Å². The molecule has 3 rings (SSSR count). The number of pyridine rings is 1. The van der Waals surface area contributed by atoms with Gasteiger partial charge < -0.3 is 21.1 Å². The molecule has 0 unspecified atom stereocenters. The number of carbonyl (C=O) groups is 1. The minimum absolute atomic E-state index is 0.135. The third-order valence-electron chi connectivity index (χ3n) is 3.53. The maximum Gasteiger partial charge on any atom is 0.268 e. The third kappa shape index (κ3) is 4.05. The molecule has 130 valence electrons. The second-order valence-electron chi connectivity index (χ2n) is 5.22. The van der Waals surface area contributed by atoms with Crippen LogP contribution in [-0.2, 0) is 6.61 Å². The highest BCUT2D eigenvalue weighted by molar-refractivity contribution is 7.11. The van der Waals surface area contributed by atoms with Gasteiger partial charge in [-0.3, -0.25) is 9.78 Å². The fourth-order valence-electron chi connectivity index (χ4n) is 2.25. The number of halogens is 1. The highest BCUT2D eigenvalue weighted by Gasteiger charge is 2.18. The molecule has 7 nitrogen and oxygen atoms in total. The summed E-state index contributed by atoms with van der Waals surface area (Å²) in [5, 5.41) is 13.1. The highest BCUT2D eigenvalue weighted by atomic mass is 35.5. The molecule has 0 aliphatic heterocycles. The van der Waals surface area contributed by atoms with Crippen LogP contribution in [0.15, 0.2) is 36.7 Å². The van der Waals surface area contributed by atoms with Gasteiger partial charge in [-0.15, -0.1) is 11.3 Å². The van der Waals surface area contributed by atoms with Crippen LogP contribution in [0.1, 0.15) is 26.4 Å². The molecular weight excluding hydrogens is 362 g/mol. The largest absolute Gasteiger partial charge is 0.389 e. The molecule has 0 aliphatic rings. The van der Waals surface area contributed by atoms with Gasteiger partial charge in [0.05, 0.1) is 29.1 Å². The Hall–Kier alpha value is -2.26. The summed E-state index contributed by atoms with van der Waals surface area (Å²) in [6.45, 7) is 0.0924. The van der Waals surface area contributed by atoms with Gasteiger partial charge in [-0.2, -0.15) is 0 Å². The van der Waals surface area contributed by atoms with Gasteiger partial charge in [0.1, 0.15) is 10.7 Å². The molecule has 0 saturated carbocycles. The van der Waals surface area contributed by atoms with Gasteiger partial charge in [0, 0.05) is 23.8 Å². The van der Waals surface area contributed by atoms with E-state index >= 15 is 0 Å². The van der Waals surface area contributed by atoms with Crippen molar-refractivity contribution in [2.24, 2.45) is 5.73 Å². The first-order valence-electron chi connectivity index (χ1n) is 7.48. The minimum atomic E-state index is -0.370. The van der Waals surface area contributed by atoms with Gasteiger partial charge in [-0.25, -0.2) is 4.98 Å². The molecule has 3 heterocycles. The molecular formula is C16H16ClN5O2S. The number of thiazole rings is 1. The monoisotopic (exact) mass is 377 g/mol. The quantitative estimate of drug-likeness (QED) is 0.525. The number of aromatic amines is 1. The first kappa shape index (κ1) is 17.6. The molecule has 0 aliphatic carbocycles. The number of nitrogens with zero attached hydrogens (tertiary/aromatic N) is 2. The van der Waals surface area contributed by atoms with E-state index in [1.54, 1.807) is 36.7 Å². The smallest absolute Gasteiger partial charge is 0.268 e. The van der Waals surface area contributed by atoms with Crippen LogP contribution in [0.2, 0.25) is 5.02 Å². The van der Waals surface area contributed by atoms with Gasteiger partial charge in [0.15, 0.2) is 0 Å². The number of hydrogen-bond donors (Lipinski definition) is 4. The van der Waals surface area contributed by atoms with Crippen LogP contribution in [0.4, 0.5) is 0 Å². The number of rotatable bonds is 6. The molecule has 0 aromatic carbocycles. The van der Waals surface area contributed by atoms with Crippen LogP contribution in [0.3, 0.4) is 0 Å². The second kappa shape index (κ2) is 7.75. The Labute approximate surface area is 152 Å². The summed E-state index contributed by atoms with van der Waals surface area (Å²) in [6.07, 6.45) is 3.16. The van der Waals surface area contributed by atoms with E-state index in [1.165, 1.54) is 11.3 Å². The molecule has 0 bridgehead atoms. The summed E-state index contributed by atoms with van der Waals surface area (Å²) in [7, 11) is 0. The average molecular weight is 378 g/mol. The lowest BCUT2D eigenvalue weighted by Gasteiger charge is -2.14. The van der Waals surface area contributed by atoms with Crippen molar-refractivity contribution in [1.29, 1.82) is 0 Å². The lowest BCUT2D eigenvalue weighted by molar-refractivity contribution is 0.0934. The van der Waals surface area contributed by atoms with Crippen LogP contribution in [0, 0.1) is 0 Å². The molecule has 9 heteroatoms. The van der Waals surface area contributed by atoms with Crippen LogP contribution in [0.5, 0.6) is 0 Å². The number of aromatic nitrogens is 3. The topological polar surface area (TPSA) is 117 Å². The predicted octanol–water partition coefficient (Wildman–Crippen LogP) is 2.11. The van der Waals surface area contributed by atoms with Gasteiger partial charge in [0.25, 0.3) is 5.91 Å². The van der Waals surface area contributed by atoms with Crippen molar-refractivity contribution in [3.63, 3.8) is 0 Å². The summed E-state index contributed by atoms with van der Waals surface area (Å²) < 4.78 is 0. The van der Waals surface area contributed by atoms with E-state index in [2.05, 4.69) is 20.3 Å². The Morgan fingerprint density at radius 2 is 2.16 bits per heavy atom. The fourth-order valence-corrected chi connectivity index (χ4v) is 3.21. The molecule has 5 N–H and O–H groups in total. The number of hydrogen-bond acceptors (Lipinski definition) is 6. The van der Waals surface area contributed by atoms with E-state index < -0.39 is 0 Å². The average Bonchev–Trinajstić information content (AvgIpc) is 3.29. The van der Waals surface area contributed by atoms with E-state index in [0.717, 1.165) is 4.88 Å². The lowest BCUT2D eigenvalue weighted by atomic mass is 10.2. The molecule has 0 spiro atoms. The van der Waals surface area contributed by atoms with E-state index in [9.17, 15) is 4.79 Å². The minimum Gasteiger partial charge on any atom is -0.389 e. The first-order chi connectivity index (χ1) is 12.1. The maximum atomic E-state index is 12.5. The molecule has 25 heavy (non-hydrogen) atoms. The summed E-state index contributed by atoms with van der Waals surface area (Å²) in [5.74, 6) is -0.283. The van der Waals surface area contributed by atoms with Crippen molar-refractivity contribution in [1.82, 2.24) is 20.3 Å². The van der Waals surface area contributed by atoms with Crippen molar-refractivity contribution in [3.8, 4) is 11.4 Å². The number of H-pyrrole nitrogens is 1. The summed E-state index contributed by atoms with van der Waals surface area (Å²) in [5.41, 5.74) is 7.56. The Bertz CT molecular complexity index is 862. The fraction of sp³-hybridized carbons (Fsp3) is 0.188. The molecule has 0 radical (unpaired) electrons. The third-order valence-corrected chi connectivity index (χ3v) is 4.84. The maximum absolute atomic E-state index is 12.5. The number of amides is 1. The number of aliphatic hydroxyl groups excluding tert-OH is 1. The highest BCUT2D eigenvalue weighted by Crippen LogP contribution is 2.22. The Morgan fingerprint density at radius 3 is 2.80 bits per heavy atom. The van der Waals surface area contributed by atoms with Gasteiger partial charge >= 0.3 is 0 Å². The van der Waals surface area contributed by atoms with Crippen molar-refractivity contribution in [2.45, 2.75) is 12.6 Å². The first-order valence-corrected chi connectivity index (χ1v) is 8.67. The summed E-state index contributed by atoms with van der Waals surface area (Å²) in [6, 6.07) is 6.59. The van der Waals surface area contributed by atoms with E-state index in [0.29, 0.717) is 27.1 Å². The van der Waals surface area contributed by atoms with Crippen molar-refractivity contribution < 1.29 is 9.90 Å². The zero-order chi connectivity index (χ0) is 17.8. The van der Waals surface area contributed by atoms with Crippen LogP contribution >= 0.6 is 22.9 Å². The Kier molecular flexibility index (Phi) is 5.44. The second-order valence-corrected chi connectivity index (χ2v) is 6.81. The molecule has 3 aromatic heterocycles. The summed E-state index contributed by atoms with van der Waals surface area (Å²) in [4.78, 5) is 24.6. The zero-order valence-electron chi connectivity index (χ0n) is 13.1. The van der Waals surface area contributed by atoms with E-state index in [-0.39, 0.29) is 25.1 Å². The number of aliphatic hydroxyl groups is 1. The molecule has 3 aromatic rings. The molecule has 0 saturated heterocycles. The van der Waals surface area contributed by atoms with Crippen LogP contribution in [0.25, 0.3) is 11.4 Å². The summed E-state index contributed by atoms with van der Waals surface area (Å²) >= 11 is 7.15. The normalized spacial score (nSPS) is 12.1. The standard InChI is InChI=1S/C16H16ClN5O2S/c17-9-1-2-10(19-6-9)11-3-4-12(21-11)16(24)22-13(5-18)14-7-20-15(8-23)25-14/h1-4,6-7,13,21,23H,5,8,18H2,(H,22,24)/t13-/m1/s1. The number of carbonyl (C=O) groups excluding carboxylic acids is 1. The van der Waals surface area contributed by atoms with E-state index in [4.69, 9.17) is 22.4 Å². The van der Waals surface area contributed by atoms with Gasteiger partial charge in [0.2, 0.25) is 0 Å². The van der Waals surface area contributed by atoms with Crippen molar-refractivity contribution in [2.75, 3.05) is 6.54 Å². The number of nitrogens with two attached hydrogens (primary N) is 1. The van der Waals surface area contributed by atoms with Gasteiger partial charge in [-0.05, 0) is 24.3 Å². The Balaban J connectivity index is 1.73. The van der Waals surface area contributed by atoms with Crippen molar-refractivity contribution in [3.05, 3.63) is 57.3 Å². The molecule has 1 amide bonds. The van der Waals surface area contributed by atoms with Gasteiger partial charge in [-0.1, -0.05) is 11.6 Å². The zero-order valence-corrected chi connectivity index (χ0v) is 14.6. The number of nitrogens with one attached hydrogen (secondary N) is 2. The molecule has 1 atom stereocenters. The lowest BCUT2D eigenvalue weighted by Crippen LogP contribution is -2.33. The molecule has 0 fully saturated rings. The van der Waals surface area contributed by atoms with Crippen LogP contribution < -0.4 is 11.1 Å². The predicted molar refractivity (Wildman–Crippen MR) is 96.3 cm³/mol. The van der Waals surface area contributed by atoms with E-state index in [1.807, 2.05) is 0 Å². The SMILES string of the molecule is NC[C@@H](NC(=O)c1ccc(-c2ccc(Cl)cn2)[nH]1)c1cnc(CO)s1. The Morgan fingerprint density at radius 1 is 1.32 bits per heavy atom. The van der Waals surface area contributed by atoms with Crippen LogP contribution in [-0.4, -0.2) is 32.5 Å².